The molecule has 0 radical (unpaired) electrons. The Morgan fingerprint density at radius 3 is 2.73 bits per heavy atom. The van der Waals surface area contributed by atoms with Gasteiger partial charge in [0.15, 0.2) is 0 Å². The number of nitrogens with one attached hydrogen (secondary N) is 1. The van der Waals surface area contributed by atoms with Crippen molar-refractivity contribution >= 4 is 5.97 Å². The number of H-pyrrole nitrogens is 1. The lowest BCUT2D eigenvalue weighted by molar-refractivity contribution is -0.146. The third-order valence-electron chi connectivity index (χ3n) is 1.93. The number of rotatable bonds is 4. The standard InChI is InChI=1S/C12H19NO2/c1-12(2,3)9-15-11(14)7-6-10-5-4-8-13-10/h4-5,8,13H,6-7,9H2,1-3H3. The van der Waals surface area contributed by atoms with Crippen molar-refractivity contribution in [2.45, 2.75) is 33.6 Å². The molecule has 1 aromatic heterocycles. The Morgan fingerprint density at radius 2 is 2.20 bits per heavy atom. The van der Waals surface area contributed by atoms with Crippen LogP contribution >= 0.6 is 0 Å². The fourth-order valence-electron chi connectivity index (χ4n) is 1.13. The zero-order valence-electron chi connectivity index (χ0n) is 9.67. The highest BCUT2D eigenvalue weighted by molar-refractivity contribution is 5.69. The number of aromatic nitrogens is 1. The van der Waals surface area contributed by atoms with Crippen molar-refractivity contribution < 1.29 is 9.53 Å². The molecular formula is C12H19NO2. The maximum atomic E-state index is 11.3. The van der Waals surface area contributed by atoms with Crippen molar-refractivity contribution in [1.29, 1.82) is 0 Å². The molecule has 3 nitrogen and oxygen atoms in total. The molecule has 0 atom stereocenters. The van der Waals surface area contributed by atoms with Crippen molar-refractivity contribution in [2.24, 2.45) is 5.41 Å². The minimum absolute atomic E-state index is 0.0437. The molecule has 15 heavy (non-hydrogen) atoms. The first kappa shape index (κ1) is 11.8. The normalized spacial score (nSPS) is 11.4. The van der Waals surface area contributed by atoms with Crippen LogP contribution in [-0.2, 0) is 16.0 Å². The van der Waals surface area contributed by atoms with Gasteiger partial charge in [-0.05, 0) is 24.0 Å². The Labute approximate surface area is 90.8 Å². The van der Waals surface area contributed by atoms with Gasteiger partial charge in [-0.1, -0.05) is 20.8 Å². The van der Waals surface area contributed by atoms with Crippen molar-refractivity contribution in [1.82, 2.24) is 4.98 Å². The summed E-state index contributed by atoms with van der Waals surface area (Å²) in [5.74, 6) is -0.125. The summed E-state index contributed by atoms with van der Waals surface area (Å²) < 4.78 is 5.15. The van der Waals surface area contributed by atoms with E-state index in [1.165, 1.54) is 0 Å². The maximum Gasteiger partial charge on any atom is 0.306 e. The Bertz CT molecular complexity index is 296. The Morgan fingerprint density at radius 1 is 1.47 bits per heavy atom. The molecule has 84 valence electrons. The molecule has 0 aromatic carbocycles. The predicted octanol–water partition coefficient (Wildman–Crippen LogP) is 2.54. The summed E-state index contributed by atoms with van der Waals surface area (Å²) in [6, 6.07) is 3.90. The number of hydrogen-bond donors (Lipinski definition) is 1. The lowest BCUT2D eigenvalue weighted by atomic mass is 9.99. The SMILES string of the molecule is CC(C)(C)COC(=O)CCc1ccc[nH]1. The van der Waals surface area contributed by atoms with Crippen molar-refractivity contribution in [3.63, 3.8) is 0 Å². The number of esters is 1. The third-order valence-corrected chi connectivity index (χ3v) is 1.93. The van der Waals surface area contributed by atoms with E-state index < -0.39 is 0 Å². The van der Waals surface area contributed by atoms with Crippen LogP contribution in [0.2, 0.25) is 0 Å². The van der Waals surface area contributed by atoms with Gasteiger partial charge in [-0.25, -0.2) is 0 Å². The van der Waals surface area contributed by atoms with Gasteiger partial charge >= 0.3 is 5.97 Å². The molecule has 1 aromatic rings. The van der Waals surface area contributed by atoms with Crippen LogP contribution < -0.4 is 0 Å². The number of aromatic amines is 1. The van der Waals surface area contributed by atoms with Crippen molar-refractivity contribution in [2.75, 3.05) is 6.61 Å². The van der Waals surface area contributed by atoms with Crippen LogP contribution in [0.3, 0.4) is 0 Å². The van der Waals surface area contributed by atoms with E-state index >= 15 is 0 Å². The monoisotopic (exact) mass is 209 g/mol. The molecule has 0 unspecified atom stereocenters. The Hall–Kier alpha value is -1.25. The number of hydrogen-bond acceptors (Lipinski definition) is 2. The van der Waals surface area contributed by atoms with Crippen LogP contribution in [0.25, 0.3) is 0 Å². The van der Waals surface area contributed by atoms with Gasteiger partial charge in [-0.3, -0.25) is 4.79 Å². The van der Waals surface area contributed by atoms with Crippen molar-refractivity contribution in [3.05, 3.63) is 24.0 Å². The van der Waals surface area contributed by atoms with Gasteiger partial charge in [0.1, 0.15) is 0 Å². The molecule has 0 saturated carbocycles. The molecule has 1 rings (SSSR count). The minimum Gasteiger partial charge on any atom is -0.465 e. The largest absolute Gasteiger partial charge is 0.465 e. The van der Waals surface area contributed by atoms with E-state index in [2.05, 4.69) is 4.98 Å². The molecule has 0 amide bonds. The minimum atomic E-state index is -0.125. The molecule has 1 heterocycles. The molecule has 0 spiro atoms. The predicted molar refractivity (Wildman–Crippen MR) is 59.5 cm³/mol. The summed E-state index contributed by atoms with van der Waals surface area (Å²) in [4.78, 5) is 14.4. The second kappa shape index (κ2) is 5.01. The van der Waals surface area contributed by atoms with Gasteiger partial charge in [-0.2, -0.15) is 0 Å². The molecular weight excluding hydrogens is 190 g/mol. The van der Waals surface area contributed by atoms with E-state index in [9.17, 15) is 4.79 Å². The number of aryl methyl sites for hydroxylation is 1. The van der Waals surface area contributed by atoms with E-state index in [1.54, 1.807) is 0 Å². The lowest BCUT2D eigenvalue weighted by Crippen LogP contribution is -2.18. The zero-order valence-corrected chi connectivity index (χ0v) is 9.67. The zero-order chi connectivity index (χ0) is 11.3. The molecule has 0 bridgehead atoms. The van der Waals surface area contributed by atoms with Gasteiger partial charge in [0.2, 0.25) is 0 Å². The summed E-state index contributed by atoms with van der Waals surface area (Å²) in [6.07, 6.45) is 3.02. The fourth-order valence-corrected chi connectivity index (χ4v) is 1.13. The molecule has 3 heteroatoms. The summed E-state index contributed by atoms with van der Waals surface area (Å²) >= 11 is 0. The molecule has 0 saturated heterocycles. The van der Waals surface area contributed by atoms with Crippen LogP contribution in [0.1, 0.15) is 32.9 Å². The van der Waals surface area contributed by atoms with Crippen LogP contribution in [0.5, 0.6) is 0 Å². The smallest absolute Gasteiger partial charge is 0.306 e. The third kappa shape index (κ3) is 5.25. The highest BCUT2D eigenvalue weighted by atomic mass is 16.5. The first-order chi connectivity index (χ1) is 6.97. The maximum absolute atomic E-state index is 11.3. The summed E-state index contributed by atoms with van der Waals surface area (Å²) in [7, 11) is 0. The Kier molecular flexibility index (Phi) is 3.95. The second-order valence-corrected chi connectivity index (χ2v) is 4.92. The number of ether oxygens (including phenoxy) is 1. The van der Waals surface area contributed by atoms with Gasteiger partial charge in [-0.15, -0.1) is 0 Å². The molecule has 1 N–H and O–H groups in total. The topological polar surface area (TPSA) is 42.1 Å². The molecule has 0 aliphatic heterocycles. The summed E-state index contributed by atoms with van der Waals surface area (Å²) in [5, 5.41) is 0. The van der Waals surface area contributed by atoms with E-state index in [1.807, 2.05) is 39.1 Å². The fraction of sp³-hybridized carbons (Fsp3) is 0.583. The van der Waals surface area contributed by atoms with Gasteiger partial charge in [0.25, 0.3) is 0 Å². The van der Waals surface area contributed by atoms with E-state index in [-0.39, 0.29) is 11.4 Å². The van der Waals surface area contributed by atoms with Crippen LogP contribution in [0.15, 0.2) is 18.3 Å². The van der Waals surface area contributed by atoms with E-state index in [0.29, 0.717) is 13.0 Å². The quantitative estimate of drug-likeness (QED) is 0.774. The van der Waals surface area contributed by atoms with Crippen molar-refractivity contribution in [3.8, 4) is 0 Å². The van der Waals surface area contributed by atoms with Crippen LogP contribution in [0, 0.1) is 5.41 Å². The average molecular weight is 209 g/mol. The molecule has 0 fully saturated rings. The van der Waals surface area contributed by atoms with Crippen LogP contribution in [-0.4, -0.2) is 17.6 Å². The van der Waals surface area contributed by atoms with Gasteiger partial charge in [0.05, 0.1) is 13.0 Å². The Balaban J connectivity index is 2.20. The average Bonchev–Trinajstić information content (AvgIpc) is 2.62. The lowest BCUT2D eigenvalue weighted by Gasteiger charge is -2.17. The summed E-state index contributed by atoms with van der Waals surface area (Å²) in [5.41, 5.74) is 1.12. The highest BCUT2D eigenvalue weighted by Crippen LogP contribution is 2.13. The number of carbonyl (C=O) groups is 1. The second-order valence-electron chi connectivity index (χ2n) is 4.92. The number of carbonyl (C=O) groups excluding carboxylic acids is 1. The molecule has 0 aliphatic rings. The van der Waals surface area contributed by atoms with E-state index in [0.717, 1.165) is 12.1 Å². The van der Waals surface area contributed by atoms with E-state index in [4.69, 9.17) is 4.74 Å². The first-order valence-electron chi connectivity index (χ1n) is 5.25. The van der Waals surface area contributed by atoms with Gasteiger partial charge in [0, 0.05) is 11.9 Å². The van der Waals surface area contributed by atoms with Crippen LogP contribution in [0.4, 0.5) is 0 Å². The van der Waals surface area contributed by atoms with Gasteiger partial charge < -0.3 is 9.72 Å². The molecule has 0 aliphatic carbocycles. The first-order valence-corrected chi connectivity index (χ1v) is 5.25. The summed E-state index contributed by atoms with van der Waals surface area (Å²) in [6.45, 7) is 6.62. The highest BCUT2D eigenvalue weighted by Gasteiger charge is 2.13.